The largest absolute Gasteiger partial charge is 0.480 e. The van der Waals surface area contributed by atoms with Crippen LogP contribution >= 0.6 is 11.3 Å². The van der Waals surface area contributed by atoms with Crippen LogP contribution in [0.2, 0.25) is 0 Å². The van der Waals surface area contributed by atoms with Crippen molar-refractivity contribution >= 4 is 22.4 Å². The predicted octanol–water partition coefficient (Wildman–Crippen LogP) is 1.63. The number of rotatable bonds is 4. The van der Waals surface area contributed by atoms with Crippen LogP contribution in [0.4, 0.5) is 18.3 Å². The molecule has 0 aromatic carbocycles. The lowest BCUT2D eigenvalue weighted by Crippen LogP contribution is -2.37. The van der Waals surface area contributed by atoms with Crippen molar-refractivity contribution in [3.63, 3.8) is 0 Å². The lowest BCUT2D eigenvalue weighted by Gasteiger charge is -2.30. The molecule has 0 radical (unpaired) electrons. The van der Waals surface area contributed by atoms with Crippen LogP contribution in [0.1, 0.15) is 17.8 Å². The highest BCUT2D eigenvalue weighted by atomic mass is 32.1. The molecule has 1 aliphatic heterocycles. The van der Waals surface area contributed by atoms with Gasteiger partial charge in [-0.1, -0.05) is 11.3 Å². The molecule has 2 heterocycles. The second kappa shape index (κ2) is 5.92. The number of hydrogen-bond donors (Lipinski definition) is 1. The summed E-state index contributed by atoms with van der Waals surface area (Å²) in [7, 11) is 0. The van der Waals surface area contributed by atoms with Gasteiger partial charge in [0.15, 0.2) is 0 Å². The number of hydrogen-bond acceptors (Lipinski definition) is 6. The summed E-state index contributed by atoms with van der Waals surface area (Å²) in [4.78, 5) is 12.1. The van der Waals surface area contributed by atoms with Crippen LogP contribution < -0.4 is 4.90 Å². The molecular formula is C10H12F3N3O3S. The molecule has 0 spiro atoms. The number of carboxylic acid groups (broad SMARTS) is 1. The summed E-state index contributed by atoms with van der Waals surface area (Å²) in [5, 5.41) is 14.4. The summed E-state index contributed by atoms with van der Waals surface area (Å²) in [6.07, 6.45) is -3.56. The molecule has 0 saturated carbocycles. The minimum absolute atomic E-state index is 0.183. The Morgan fingerprint density at radius 1 is 1.40 bits per heavy atom. The summed E-state index contributed by atoms with van der Waals surface area (Å²) in [5.74, 6) is -1.04. The minimum atomic E-state index is -4.47. The lowest BCUT2D eigenvalue weighted by molar-refractivity contribution is -0.144. The van der Waals surface area contributed by atoms with Crippen LogP contribution in [0.15, 0.2) is 0 Å². The van der Waals surface area contributed by atoms with Crippen LogP contribution in [0.5, 0.6) is 0 Å². The summed E-state index contributed by atoms with van der Waals surface area (Å²) >= 11 is 0.510. The normalized spacial score (nSPS) is 17.4. The van der Waals surface area contributed by atoms with Crippen molar-refractivity contribution < 1.29 is 27.8 Å². The fourth-order valence-corrected chi connectivity index (χ4v) is 2.62. The van der Waals surface area contributed by atoms with Gasteiger partial charge in [-0.15, -0.1) is 10.2 Å². The molecule has 0 aliphatic carbocycles. The fraction of sp³-hybridized carbons (Fsp3) is 0.700. The van der Waals surface area contributed by atoms with Gasteiger partial charge in [-0.3, -0.25) is 0 Å². The van der Waals surface area contributed by atoms with E-state index in [9.17, 15) is 18.0 Å². The van der Waals surface area contributed by atoms with E-state index in [4.69, 9.17) is 9.84 Å². The van der Waals surface area contributed by atoms with E-state index in [1.165, 1.54) is 0 Å². The molecule has 1 aromatic heterocycles. The van der Waals surface area contributed by atoms with Crippen LogP contribution in [-0.2, 0) is 15.7 Å². The zero-order valence-electron chi connectivity index (χ0n) is 10.3. The molecule has 2 rings (SSSR count). The quantitative estimate of drug-likeness (QED) is 0.911. The molecule has 0 amide bonds. The Labute approximate surface area is 116 Å². The average Bonchev–Trinajstić information content (AvgIpc) is 2.86. The SMILES string of the molecule is O=C(O)COC1CCN(c2nnc(C(F)(F)F)s2)CC1. The summed E-state index contributed by atoms with van der Waals surface area (Å²) in [6.45, 7) is 0.579. The van der Waals surface area contributed by atoms with Crippen LogP contribution in [-0.4, -0.2) is 47.1 Å². The Hall–Kier alpha value is -1.42. The second-order valence-electron chi connectivity index (χ2n) is 4.28. The molecule has 1 saturated heterocycles. The number of carbonyl (C=O) groups is 1. The Morgan fingerprint density at radius 2 is 2.05 bits per heavy atom. The molecule has 0 unspecified atom stereocenters. The maximum Gasteiger partial charge on any atom is 0.445 e. The van der Waals surface area contributed by atoms with E-state index in [-0.39, 0.29) is 17.8 Å². The average molecular weight is 311 g/mol. The number of ether oxygens (including phenoxy) is 1. The monoisotopic (exact) mass is 311 g/mol. The Morgan fingerprint density at radius 3 is 2.55 bits per heavy atom. The topological polar surface area (TPSA) is 75.6 Å². The van der Waals surface area contributed by atoms with Crippen LogP contribution in [0, 0.1) is 0 Å². The second-order valence-corrected chi connectivity index (χ2v) is 5.23. The first-order valence-electron chi connectivity index (χ1n) is 5.85. The first-order chi connectivity index (χ1) is 9.36. The number of anilines is 1. The third kappa shape index (κ3) is 3.79. The molecule has 1 aliphatic rings. The van der Waals surface area contributed by atoms with Gasteiger partial charge in [0, 0.05) is 13.1 Å². The summed E-state index contributed by atoms with van der Waals surface area (Å²) in [6, 6.07) is 0. The smallest absolute Gasteiger partial charge is 0.445 e. The van der Waals surface area contributed by atoms with Gasteiger partial charge in [0.1, 0.15) is 6.61 Å². The van der Waals surface area contributed by atoms with Gasteiger partial charge in [0.25, 0.3) is 0 Å². The molecule has 10 heteroatoms. The molecule has 112 valence electrons. The number of piperidine rings is 1. The highest BCUT2D eigenvalue weighted by Gasteiger charge is 2.36. The highest BCUT2D eigenvalue weighted by Crippen LogP contribution is 2.35. The van der Waals surface area contributed by atoms with Crippen molar-refractivity contribution in [2.24, 2.45) is 0 Å². The molecule has 0 atom stereocenters. The third-order valence-electron chi connectivity index (χ3n) is 2.81. The van der Waals surface area contributed by atoms with Gasteiger partial charge in [-0.25, -0.2) is 4.79 Å². The number of carboxylic acids is 1. The van der Waals surface area contributed by atoms with Gasteiger partial charge in [0.05, 0.1) is 6.10 Å². The third-order valence-corrected chi connectivity index (χ3v) is 3.84. The van der Waals surface area contributed by atoms with E-state index in [0.717, 1.165) is 0 Å². The number of aliphatic carboxylic acids is 1. The summed E-state index contributed by atoms with van der Waals surface area (Å²) in [5.41, 5.74) is 0. The van der Waals surface area contributed by atoms with E-state index in [1.807, 2.05) is 0 Å². The first kappa shape index (κ1) is 15.0. The van der Waals surface area contributed by atoms with Crippen molar-refractivity contribution in [3.8, 4) is 0 Å². The number of alkyl halides is 3. The van der Waals surface area contributed by atoms with Crippen molar-refractivity contribution in [2.75, 3.05) is 24.6 Å². The van der Waals surface area contributed by atoms with E-state index in [2.05, 4.69) is 10.2 Å². The molecule has 0 bridgehead atoms. The predicted molar refractivity (Wildman–Crippen MR) is 63.7 cm³/mol. The van der Waals surface area contributed by atoms with Crippen molar-refractivity contribution in [2.45, 2.75) is 25.1 Å². The van der Waals surface area contributed by atoms with Gasteiger partial charge in [-0.05, 0) is 12.8 Å². The Kier molecular flexibility index (Phi) is 4.43. The zero-order chi connectivity index (χ0) is 14.8. The van der Waals surface area contributed by atoms with E-state index >= 15 is 0 Å². The van der Waals surface area contributed by atoms with E-state index in [1.54, 1.807) is 4.90 Å². The van der Waals surface area contributed by atoms with Crippen LogP contribution in [0.3, 0.4) is 0 Å². The Bertz CT molecular complexity index is 472. The van der Waals surface area contributed by atoms with Gasteiger partial charge < -0.3 is 14.7 Å². The number of aromatic nitrogens is 2. The number of nitrogens with zero attached hydrogens (tertiary/aromatic N) is 3. The standard InChI is InChI=1S/C10H12F3N3O3S/c11-10(12,13)8-14-15-9(20-8)16-3-1-6(2-4-16)19-5-7(17)18/h6H,1-5H2,(H,17,18). The lowest BCUT2D eigenvalue weighted by atomic mass is 10.1. The van der Waals surface area contributed by atoms with Crippen molar-refractivity contribution in [1.29, 1.82) is 0 Å². The zero-order valence-corrected chi connectivity index (χ0v) is 11.1. The first-order valence-corrected chi connectivity index (χ1v) is 6.67. The molecule has 6 nitrogen and oxygen atoms in total. The molecule has 20 heavy (non-hydrogen) atoms. The van der Waals surface area contributed by atoms with Gasteiger partial charge in [-0.2, -0.15) is 13.2 Å². The maximum absolute atomic E-state index is 12.4. The molecule has 1 aromatic rings. The van der Waals surface area contributed by atoms with E-state index in [0.29, 0.717) is 37.3 Å². The molecule has 1 fully saturated rings. The summed E-state index contributed by atoms with van der Waals surface area (Å²) < 4.78 is 42.4. The van der Waals surface area contributed by atoms with Crippen LogP contribution in [0.25, 0.3) is 0 Å². The molecule has 1 N–H and O–H groups in total. The highest BCUT2D eigenvalue weighted by molar-refractivity contribution is 7.15. The van der Waals surface area contributed by atoms with Gasteiger partial charge >= 0.3 is 12.1 Å². The van der Waals surface area contributed by atoms with E-state index < -0.39 is 17.2 Å². The van der Waals surface area contributed by atoms with Gasteiger partial charge in [0.2, 0.25) is 10.1 Å². The minimum Gasteiger partial charge on any atom is -0.480 e. The maximum atomic E-state index is 12.4. The number of halogens is 3. The Balaban J connectivity index is 1.87. The van der Waals surface area contributed by atoms with Crippen molar-refractivity contribution in [1.82, 2.24) is 10.2 Å². The molecular weight excluding hydrogens is 299 g/mol. The van der Waals surface area contributed by atoms with Crippen molar-refractivity contribution in [3.05, 3.63) is 5.01 Å². The fourth-order valence-electron chi connectivity index (χ4n) is 1.86.